The number of carbonyl (C=O) groups excluding carboxylic acids is 1. The molecule has 0 saturated carbocycles. The van der Waals surface area contributed by atoms with E-state index < -0.39 is 11.7 Å². The third kappa shape index (κ3) is 4.67. The van der Waals surface area contributed by atoms with Gasteiger partial charge in [-0.3, -0.25) is 0 Å². The van der Waals surface area contributed by atoms with Crippen LogP contribution in [0, 0.1) is 0 Å². The average Bonchev–Trinajstić information content (AvgIpc) is 3.23. The molecule has 3 aromatic rings. The van der Waals surface area contributed by atoms with E-state index in [0.717, 1.165) is 11.1 Å². The lowest BCUT2D eigenvalue weighted by molar-refractivity contribution is 0.0519. The fourth-order valence-corrected chi connectivity index (χ4v) is 2.86. The van der Waals surface area contributed by atoms with Crippen molar-refractivity contribution in [3.63, 3.8) is 0 Å². The largest absolute Gasteiger partial charge is 0.444 e. The number of rotatable bonds is 4. The van der Waals surface area contributed by atoms with Crippen molar-refractivity contribution in [2.75, 3.05) is 0 Å². The molecule has 0 fully saturated rings. The highest BCUT2D eigenvalue weighted by Gasteiger charge is 2.17. The predicted octanol–water partition coefficient (Wildman–Crippen LogP) is 4.49. The van der Waals surface area contributed by atoms with Gasteiger partial charge in [-0.2, -0.15) is 0 Å². The molecule has 0 aliphatic rings. The van der Waals surface area contributed by atoms with Gasteiger partial charge in [-0.05, 0) is 49.9 Å². The van der Waals surface area contributed by atoms with Crippen LogP contribution >= 0.6 is 11.3 Å². The van der Waals surface area contributed by atoms with Crippen molar-refractivity contribution in [2.45, 2.75) is 32.9 Å². The molecule has 0 unspecified atom stereocenters. The van der Waals surface area contributed by atoms with Crippen LogP contribution < -0.4 is 5.32 Å². The van der Waals surface area contributed by atoms with Crippen LogP contribution in [0.25, 0.3) is 21.9 Å². The lowest BCUT2D eigenvalue weighted by Gasteiger charge is -2.19. The van der Waals surface area contributed by atoms with Crippen LogP contribution in [0.1, 0.15) is 26.7 Å². The maximum Gasteiger partial charge on any atom is 0.408 e. The highest BCUT2D eigenvalue weighted by atomic mass is 32.1. The van der Waals surface area contributed by atoms with Gasteiger partial charge < -0.3 is 14.5 Å². The molecular weight excluding hydrogens is 338 g/mol. The standard InChI is InChI=1S/C18H19N3O3S/c1-18(2,3)24-17(22)19-11-15-20-21-16(23-15)13-8-6-12(7-9-13)14-5-4-10-25-14/h4-10H,11H2,1-3H3,(H,19,22). The Morgan fingerprint density at radius 1 is 1.16 bits per heavy atom. The topological polar surface area (TPSA) is 77.2 Å². The van der Waals surface area contributed by atoms with Gasteiger partial charge in [-0.15, -0.1) is 21.5 Å². The number of aromatic nitrogens is 2. The summed E-state index contributed by atoms with van der Waals surface area (Å²) < 4.78 is 10.8. The molecule has 1 aromatic carbocycles. The fraction of sp³-hybridized carbons (Fsp3) is 0.278. The van der Waals surface area contributed by atoms with Gasteiger partial charge in [0.15, 0.2) is 0 Å². The van der Waals surface area contributed by atoms with E-state index in [1.54, 1.807) is 32.1 Å². The van der Waals surface area contributed by atoms with Crippen LogP contribution in [0.5, 0.6) is 0 Å². The van der Waals surface area contributed by atoms with Gasteiger partial charge in [0, 0.05) is 10.4 Å². The Bertz CT molecular complexity index is 833. The van der Waals surface area contributed by atoms with Crippen LogP contribution in [0.3, 0.4) is 0 Å². The summed E-state index contributed by atoms with van der Waals surface area (Å²) in [6.07, 6.45) is -0.521. The molecule has 6 nitrogen and oxygen atoms in total. The minimum Gasteiger partial charge on any atom is -0.444 e. The van der Waals surface area contributed by atoms with Gasteiger partial charge in [0.05, 0.1) is 6.54 Å². The SMILES string of the molecule is CC(C)(C)OC(=O)NCc1nnc(-c2ccc(-c3cccs3)cc2)o1. The number of ether oxygens (including phenoxy) is 1. The van der Waals surface area contributed by atoms with Crippen molar-refractivity contribution in [3.05, 3.63) is 47.7 Å². The second-order valence-corrected chi connectivity index (χ2v) is 7.36. The van der Waals surface area contributed by atoms with Gasteiger partial charge in [-0.1, -0.05) is 18.2 Å². The Balaban J connectivity index is 1.62. The van der Waals surface area contributed by atoms with Gasteiger partial charge in [0.25, 0.3) is 0 Å². The zero-order chi connectivity index (χ0) is 17.9. The molecule has 3 rings (SSSR count). The van der Waals surface area contributed by atoms with Crippen molar-refractivity contribution in [2.24, 2.45) is 0 Å². The third-order valence-corrected chi connectivity index (χ3v) is 4.11. The van der Waals surface area contributed by atoms with Crippen molar-refractivity contribution < 1.29 is 13.9 Å². The number of hydrogen-bond acceptors (Lipinski definition) is 6. The molecule has 1 amide bonds. The minimum atomic E-state index is -0.547. The number of amides is 1. The highest BCUT2D eigenvalue weighted by Crippen LogP contribution is 2.27. The summed E-state index contributed by atoms with van der Waals surface area (Å²) in [5.41, 5.74) is 1.43. The van der Waals surface area contributed by atoms with Crippen molar-refractivity contribution >= 4 is 17.4 Å². The van der Waals surface area contributed by atoms with Crippen molar-refractivity contribution in [3.8, 4) is 21.9 Å². The van der Waals surface area contributed by atoms with Gasteiger partial charge in [0.2, 0.25) is 11.8 Å². The molecule has 0 aliphatic heterocycles. The molecule has 2 heterocycles. The van der Waals surface area contributed by atoms with Gasteiger partial charge in [-0.25, -0.2) is 4.79 Å². The summed E-state index contributed by atoms with van der Waals surface area (Å²) in [6.45, 7) is 5.53. The first-order valence-corrected chi connectivity index (χ1v) is 8.72. The van der Waals surface area contributed by atoms with E-state index in [4.69, 9.17) is 9.15 Å². The summed E-state index contributed by atoms with van der Waals surface area (Å²) in [6, 6.07) is 12.0. The molecule has 2 aromatic heterocycles. The number of hydrogen-bond donors (Lipinski definition) is 1. The Labute approximate surface area is 149 Å². The van der Waals surface area contributed by atoms with E-state index >= 15 is 0 Å². The number of nitrogens with one attached hydrogen (secondary N) is 1. The molecule has 130 valence electrons. The number of thiophene rings is 1. The molecule has 25 heavy (non-hydrogen) atoms. The van der Waals surface area contributed by atoms with Crippen LogP contribution in [-0.4, -0.2) is 21.9 Å². The fourth-order valence-electron chi connectivity index (χ4n) is 2.12. The third-order valence-electron chi connectivity index (χ3n) is 3.19. The first-order valence-electron chi connectivity index (χ1n) is 7.84. The molecule has 0 spiro atoms. The highest BCUT2D eigenvalue weighted by molar-refractivity contribution is 7.13. The zero-order valence-electron chi connectivity index (χ0n) is 14.3. The van der Waals surface area contributed by atoms with E-state index in [-0.39, 0.29) is 6.54 Å². The summed E-state index contributed by atoms with van der Waals surface area (Å²) in [4.78, 5) is 12.8. The monoisotopic (exact) mass is 357 g/mol. The Kier molecular flexibility index (Phi) is 4.85. The lowest BCUT2D eigenvalue weighted by atomic mass is 10.1. The Hall–Kier alpha value is -2.67. The molecule has 1 N–H and O–H groups in total. The van der Waals surface area contributed by atoms with Gasteiger partial charge in [0.1, 0.15) is 5.60 Å². The molecular formula is C18H19N3O3S. The summed E-state index contributed by atoms with van der Waals surface area (Å²) >= 11 is 1.69. The molecule has 0 saturated heterocycles. The van der Waals surface area contributed by atoms with Crippen molar-refractivity contribution in [1.82, 2.24) is 15.5 Å². The van der Waals surface area contributed by atoms with E-state index in [1.807, 2.05) is 35.7 Å². The van der Waals surface area contributed by atoms with Crippen LogP contribution in [0.4, 0.5) is 4.79 Å². The molecule has 0 radical (unpaired) electrons. The molecule has 0 aliphatic carbocycles. The summed E-state index contributed by atoms with van der Waals surface area (Å²) in [7, 11) is 0. The Morgan fingerprint density at radius 3 is 2.52 bits per heavy atom. The first-order chi connectivity index (χ1) is 11.9. The van der Waals surface area contributed by atoms with Crippen LogP contribution in [-0.2, 0) is 11.3 Å². The van der Waals surface area contributed by atoms with E-state index in [2.05, 4.69) is 21.6 Å². The first kappa shape index (κ1) is 17.2. The normalized spacial score (nSPS) is 11.3. The summed E-state index contributed by atoms with van der Waals surface area (Å²) in [5.74, 6) is 0.738. The number of nitrogens with zero attached hydrogens (tertiary/aromatic N) is 2. The smallest absolute Gasteiger partial charge is 0.408 e. The second-order valence-electron chi connectivity index (χ2n) is 6.41. The van der Waals surface area contributed by atoms with Crippen molar-refractivity contribution in [1.29, 1.82) is 0 Å². The summed E-state index contributed by atoms with van der Waals surface area (Å²) in [5, 5.41) is 12.6. The zero-order valence-corrected chi connectivity index (χ0v) is 15.1. The maximum absolute atomic E-state index is 11.6. The van der Waals surface area contributed by atoms with Crippen LogP contribution in [0.15, 0.2) is 46.2 Å². The van der Waals surface area contributed by atoms with Gasteiger partial charge >= 0.3 is 6.09 Å². The Morgan fingerprint density at radius 2 is 1.88 bits per heavy atom. The average molecular weight is 357 g/mol. The predicted molar refractivity (Wildman–Crippen MR) is 96.1 cm³/mol. The van der Waals surface area contributed by atoms with E-state index in [9.17, 15) is 4.79 Å². The number of benzene rings is 1. The van der Waals surface area contributed by atoms with Crippen LogP contribution in [0.2, 0.25) is 0 Å². The molecule has 7 heteroatoms. The quantitative estimate of drug-likeness (QED) is 0.744. The number of carbonyl (C=O) groups is 1. The lowest BCUT2D eigenvalue weighted by Crippen LogP contribution is -2.32. The molecule has 0 bridgehead atoms. The van der Waals surface area contributed by atoms with E-state index in [0.29, 0.717) is 11.8 Å². The van der Waals surface area contributed by atoms with E-state index in [1.165, 1.54) is 4.88 Å². The second kappa shape index (κ2) is 7.06. The molecule has 0 atom stereocenters. The number of alkyl carbamates (subject to hydrolysis) is 1. The maximum atomic E-state index is 11.6. The minimum absolute atomic E-state index is 0.120.